The summed E-state index contributed by atoms with van der Waals surface area (Å²) in [6.45, 7) is 2.04. The largest absolute Gasteiger partial charge is 0.506 e. The first-order valence-corrected chi connectivity index (χ1v) is 7.53. The number of aryl methyl sites for hydroxylation is 1. The molecule has 4 rings (SSSR count). The van der Waals surface area contributed by atoms with Crippen LogP contribution in [0.2, 0.25) is 0 Å². The standard InChI is InChI=1S/C18H15N5O/c1-12-6-8-13(9-7-12)23-18-14(10-21-23)17(19-11-20-18)22-15-4-2-3-5-16(15)24/h2-11,24H,1H3,(H,19,20,22). The molecule has 6 heteroatoms. The molecular weight excluding hydrogens is 302 g/mol. The van der Waals surface area contributed by atoms with Gasteiger partial charge in [0.15, 0.2) is 5.65 Å². The molecule has 0 saturated heterocycles. The van der Waals surface area contributed by atoms with Gasteiger partial charge in [-0.05, 0) is 31.2 Å². The second-order valence-electron chi connectivity index (χ2n) is 5.49. The minimum atomic E-state index is 0.162. The number of fused-ring (bicyclic) bond motifs is 1. The van der Waals surface area contributed by atoms with Gasteiger partial charge in [-0.15, -0.1) is 0 Å². The summed E-state index contributed by atoms with van der Waals surface area (Å²) in [5, 5.41) is 18.3. The van der Waals surface area contributed by atoms with E-state index in [-0.39, 0.29) is 5.75 Å². The quantitative estimate of drug-likeness (QED) is 0.565. The van der Waals surface area contributed by atoms with Crippen molar-refractivity contribution in [2.24, 2.45) is 0 Å². The topological polar surface area (TPSA) is 75.9 Å². The first-order valence-electron chi connectivity index (χ1n) is 7.53. The lowest BCUT2D eigenvalue weighted by atomic mass is 10.2. The Balaban J connectivity index is 1.79. The molecule has 0 atom stereocenters. The second kappa shape index (κ2) is 5.66. The number of benzene rings is 2. The fraction of sp³-hybridized carbons (Fsp3) is 0.0556. The van der Waals surface area contributed by atoms with Crippen LogP contribution in [-0.4, -0.2) is 24.9 Å². The molecule has 0 saturated carbocycles. The molecule has 2 aromatic heterocycles. The Morgan fingerprint density at radius 1 is 1.00 bits per heavy atom. The highest BCUT2D eigenvalue weighted by molar-refractivity contribution is 5.89. The predicted octanol–water partition coefficient (Wildman–Crippen LogP) is 3.57. The summed E-state index contributed by atoms with van der Waals surface area (Å²) < 4.78 is 1.77. The molecule has 2 heterocycles. The van der Waals surface area contributed by atoms with E-state index in [0.717, 1.165) is 11.1 Å². The van der Waals surface area contributed by atoms with Crippen molar-refractivity contribution in [2.45, 2.75) is 6.92 Å². The number of hydrogen-bond donors (Lipinski definition) is 2. The Morgan fingerprint density at radius 2 is 1.79 bits per heavy atom. The third kappa shape index (κ3) is 2.44. The fourth-order valence-corrected chi connectivity index (χ4v) is 2.53. The van der Waals surface area contributed by atoms with Gasteiger partial charge in [0.2, 0.25) is 0 Å². The first kappa shape index (κ1) is 14.2. The number of anilines is 2. The molecular formula is C18H15N5O. The normalized spacial score (nSPS) is 10.9. The molecule has 118 valence electrons. The lowest BCUT2D eigenvalue weighted by Gasteiger charge is -2.08. The number of nitrogens with zero attached hydrogens (tertiary/aromatic N) is 4. The van der Waals surface area contributed by atoms with Gasteiger partial charge in [0, 0.05) is 0 Å². The van der Waals surface area contributed by atoms with Crippen molar-refractivity contribution in [3.63, 3.8) is 0 Å². The molecule has 0 aliphatic heterocycles. The van der Waals surface area contributed by atoms with Gasteiger partial charge in [-0.3, -0.25) is 0 Å². The van der Waals surface area contributed by atoms with Crippen molar-refractivity contribution in [1.82, 2.24) is 19.7 Å². The highest BCUT2D eigenvalue weighted by Crippen LogP contribution is 2.28. The second-order valence-corrected chi connectivity index (χ2v) is 5.49. The Bertz CT molecular complexity index is 1010. The number of aromatic hydroxyl groups is 1. The maximum Gasteiger partial charge on any atom is 0.168 e. The number of nitrogens with one attached hydrogen (secondary N) is 1. The van der Waals surface area contributed by atoms with Crippen LogP contribution in [0.25, 0.3) is 16.7 Å². The summed E-state index contributed by atoms with van der Waals surface area (Å²) in [6.07, 6.45) is 3.20. The van der Waals surface area contributed by atoms with Crippen LogP contribution in [-0.2, 0) is 0 Å². The van der Waals surface area contributed by atoms with Crippen LogP contribution in [0, 0.1) is 6.92 Å². The van der Waals surface area contributed by atoms with Crippen molar-refractivity contribution in [3.05, 3.63) is 66.6 Å². The minimum Gasteiger partial charge on any atom is -0.506 e. The van der Waals surface area contributed by atoms with Gasteiger partial charge in [-0.2, -0.15) is 5.10 Å². The Morgan fingerprint density at radius 3 is 2.58 bits per heavy atom. The van der Waals surface area contributed by atoms with Gasteiger partial charge < -0.3 is 10.4 Å². The third-order valence-electron chi connectivity index (χ3n) is 3.80. The summed E-state index contributed by atoms with van der Waals surface area (Å²) in [6, 6.07) is 15.1. The van der Waals surface area contributed by atoms with Crippen LogP contribution >= 0.6 is 0 Å². The van der Waals surface area contributed by atoms with Crippen LogP contribution in [0.4, 0.5) is 11.5 Å². The zero-order valence-corrected chi connectivity index (χ0v) is 13.0. The average molecular weight is 317 g/mol. The van der Waals surface area contributed by atoms with Crippen LogP contribution in [0.15, 0.2) is 61.1 Å². The minimum absolute atomic E-state index is 0.162. The zero-order chi connectivity index (χ0) is 16.5. The molecule has 0 amide bonds. The lowest BCUT2D eigenvalue weighted by Crippen LogP contribution is -1.99. The molecule has 0 spiro atoms. The molecule has 0 unspecified atom stereocenters. The predicted molar refractivity (Wildman–Crippen MR) is 92.8 cm³/mol. The van der Waals surface area contributed by atoms with Gasteiger partial charge in [0.1, 0.15) is 17.9 Å². The van der Waals surface area contributed by atoms with Gasteiger partial charge in [0.25, 0.3) is 0 Å². The number of para-hydroxylation sites is 2. The fourth-order valence-electron chi connectivity index (χ4n) is 2.53. The number of rotatable bonds is 3. The van der Waals surface area contributed by atoms with Crippen molar-refractivity contribution < 1.29 is 5.11 Å². The lowest BCUT2D eigenvalue weighted by molar-refractivity contribution is 0.478. The molecule has 0 bridgehead atoms. The molecule has 0 fully saturated rings. The molecule has 2 N–H and O–H groups in total. The summed E-state index contributed by atoms with van der Waals surface area (Å²) >= 11 is 0. The van der Waals surface area contributed by atoms with E-state index >= 15 is 0 Å². The average Bonchev–Trinajstić information content (AvgIpc) is 3.03. The molecule has 6 nitrogen and oxygen atoms in total. The van der Waals surface area contributed by atoms with E-state index in [2.05, 4.69) is 20.4 Å². The smallest absolute Gasteiger partial charge is 0.168 e. The summed E-state index contributed by atoms with van der Waals surface area (Å²) in [5.74, 6) is 0.759. The SMILES string of the molecule is Cc1ccc(-n2ncc3c(Nc4ccccc4O)ncnc32)cc1. The van der Waals surface area contributed by atoms with Crippen molar-refractivity contribution in [3.8, 4) is 11.4 Å². The van der Waals surface area contributed by atoms with E-state index in [0.29, 0.717) is 17.2 Å². The molecule has 0 radical (unpaired) electrons. The zero-order valence-electron chi connectivity index (χ0n) is 13.0. The van der Waals surface area contributed by atoms with Gasteiger partial charge in [0.05, 0.1) is 23.0 Å². The highest BCUT2D eigenvalue weighted by Gasteiger charge is 2.12. The van der Waals surface area contributed by atoms with Crippen molar-refractivity contribution >= 4 is 22.5 Å². The van der Waals surface area contributed by atoms with E-state index in [4.69, 9.17) is 0 Å². The Labute approximate surface area is 138 Å². The van der Waals surface area contributed by atoms with Crippen LogP contribution in [0.3, 0.4) is 0 Å². The van der Waals surface area contributed by atoms with Gasteiger partial charge in [-0.1, -0.05) is 29.8 Å². The van der Waals surface area contributed by atoms with E-state index in [9.17, 15) is 5.11 Å². The monoisotopic (exact) mass is 317 g/mol. The van der Waals surface area contributed by atoms with E-state index in [1.54, 1.807) is 29.1 Å². The number of phenolic OH excluding ortho intramolecular Hbond substituents is 1. The Kier molecular flexibility index (Phi) is 3.35. The summed E-state index contributed by atoms with van der Waals surface area (Å²) in [4.78, 5) is 8.63. The van der Waals surface area contributed by atoms with Crippen LogP contribution < -0.4 is 5.32 Å². The van der Waals surface area contributed by atoms with Crippen molar-refractivity contribution in [1.29, 1.82) is 0 Å². The van der Waals surface area contributed by atoms with E-state index in [1.807, 2.05) is 37.3 Å². The van der Waals surface area contributed by atoms with Crippen molar-refractivity contribution in [2.75, 3.05) is 5.32 Å². The maximum absolute atomic E-state index is 9.93. The van der Waals surface area contributed by atoms with E-state index < -0.39 is 0 Å². The molecule has 24 heavy (non-hydrogen) atoms. The summed E-state index contributed by atoms with van der Waals surface area (Å²) in [5.41, 5.74) is 3.40. The van der Waals surface area contributed by atoms with Gasteiger partial charge in [-0.25, -0.2) is 14.6 Å². The van der Waals surface area contributed by atoms with Gasteiger partial charge >= 0.3 is 0 Å². The number of aromatic nitrogens is 4. The van der Waals surface area contributed by atoms with Crippen LogP contribution in [0.1, 0.15) is 5.56 Å². The van der Waals surface area contributed by atoms with Crippen LogP contribution in [0.5, 0.6) is 5.75 Å². The highest BCUT2D eigenvalue weighted by atomic mass is 16.3. The first-order chi connectivity index (χ1) is 11.7. The molecule has 4 aromatic rings. The Hall–Kier alpha value is -3.41. The molecule has 2 aromatic carbocycles. The number of phenols is 1. The molecule has 0 aliphatic rings. The third-order valence-corrected chi connectivity index (χ3v) is 3.80. The van der Waals surface area contributed by atoms with E-state index in [1.165, 1.54) is 11.9 Å². The summed E-state index contributed by atoms with van der Waals surface area (Å²) in [7, 11) is 0. The maximum atomic E-state index is 9.93. The number of hydrogen-bond acceptors (Lipinski definition) is 5. The molecule has 0 aliphatic carbocycles.